The van der Waals surface area contributed by atoms with Crippen LogP contribution < -0.4 is 16.2 Å². The number of nitrogens with two attached hydrogens (primary N) is 2. The van der Waals surface area contributed by atoms with E-state index < -0.39 is 28.3 Å². The second kappa shape index (κ2) is 7.69. The highest BCUT2D eigenvalue weighted by Crippen LogP contribution is 2.35. The number of halogens is 5. The Morgan fingerprint density at radius 3 is 2.35 bits per heavy atom. The Labute approximate surface area is 163 Å². The molecule has 13 heteroatoms. The van der Waals surface area contributed by atoms with Crippen LogP contribution in [0.3, 0.4) is 0 Å². The van der Waals surface area contributed by atoms with E-state index in [1.807, 2.05) is 0 Å². The average Bonchev–Trinajstić information content (AvgIpc) is 2.88. The second-order valence-corrected chi connectivity index (χ2v) is 7.97. The third-order valence-corrected chi connectivity index (χ3v) is 5.10. The van der Waals surface area contributed by atoms with Gasteiger partial charge in [-0.05, 0) is 6.92 Å². The highest BCUT2D eigenvalue weighted by atomic mass is 35.5. The van der Waals surface area contributed by atoms with Crippen molar-refractivity contribution in [3.8, 4) is 11.4 Å². The van der Waals surface area contributed by atoms with Crippen LogP contribution in [0.4, 0.5) is 13.2 Å². The summed E-state index contributed by atoms with van der Waals surface area (Å²) < 4.78 is 54.2. The summed E-state index contributed by atoms with van der Waals surface area (Å²) in [6.07, 6.45) is -3.61. The van der Waals surface area contributed by atoms with Crippen molar-refractivity contribution < 1.29 is 22.1 Å². The molecule has 0 spiro atoms. The molecular weight excluding hydrogens is 436 g/mol. The monoisotopic (exact) mass is 446 g/mol. The molecule has 4 N–H and O–H groups in total. The number of hydrogen-bond donors (Lipinski definition) is 2. The molecule has 0 bridgehead atoms. The van der Waals surface area contributed by atoms with Crippen LogP contribution in [0.5, 0.6) is 5.75 Å². The maximum absolute atomic E-state index is 12.3. The van der Waals surface area contributed by atoms with E-state index in [1.54, 1.807) is 0 Å². The van der Waals surface area contributed by atoms with Gasteiger partial charge in [0.15, 0.2) is 0 Å². The molecule has 0 aliphatic heterocycles. The van der Waals surface area contributed by atoms with Gasteiger partial charge < -0.3 is 16.2 Å². The fraction of sp³-hybridized carbons (Fsp3) is 0.231. The Morgan fingerprint density at radius 2 is 1.92 bits per heavy atom. The van der Waals surface area contributed by atoms with Gasteiger partial charge in [0.05, 0.1) is 31.1 Å². The SMILES string of the molecule is CC(N)S(=O)c1cn(-c2c(Cl)cc(OC(F)(F)F)cc2Cl)nc1C(N)=S. The van der Waals surface area contributed by atoms with E-state index in [9.17, 15) is 17.4 Å². The van der Waals surface area contributed by atoms with Crippen molar-refractivity contribution in [2.24, 2.45) is 11.5 Å². The van der Waals surface area contributed by atoms with E-state index in [1.165, 1.54) is 13.1 Å². The van der Waals surface area contributed by atoms with Gasteiger partial charge in [0.2, 0.25) is 0 Å². The van der Waals surface area contributed by atoms with Crippen LogP contribution in [0.15, 0.2) is 23.2 Å². The van der Waals surface area contributed by atoms with E-state index in [0.717, 1.165) is 16.8 Å². The van der Waals surface area contributed by atoms with Crippen molar-refractivity contribution in [3.05, 3.63) is 34.1 Å². The standard InChI is InChI=1S/C13H11Cl2F3N4O2S2/c1-5(19)26(23)9-4-22(21-10(9)12(20)25)11-7(14)2-6(3-8(11)15)24-13(16,17)18/h2-5H,19H2,1H3,(H2,20,25). The van der Waals surface area contributed by atoms with Gasteiger partial charge >= 0.3 is 6.36 Å². The molecule has 2 aromatic rings. The van der Waals surface area contributed by atoms with Gasteiger partial charge in [0, 0.05) is 18.3 Å². The zero-order valence-corrected chi connectivity index (χ0v) is 16.0. The van der Waals surface area contributed by atoms with Crippen LogP contribution in [-0.4, -0.2) is 30.7 Å². The lowest BCUT2D eigenvalue weighted by Crippen LogP contribution is -2.23. The van der Waals surface area contributed by atoms with E-state index in [0.29, 0.717) is 0 Å². The van der Waals surface area contributed by atoms with Gasteiger partial charge in [0.1, 0.15) is 22.1 Å². The number of thiocarbonyl (C=S) groups is 1. The van der Waals surface area contributed by atoms with Crippen LogP contribution in [0, 0.1) is 0 Å². The molecule has 1 aromatic carbocycles. The molecule has 2 unspecified atom stereocenters. The number of aromatic nitrogens is 2. The van der Waals surface area contributed by atoms with Crippen molar-refractivity contribution in [2.75, 3.05) is 0 Å². The van der Waals surface area contributed by atoms with Crippen LogP contribution >= 0.6 is 35.4 Å². The van der Waals surface area contributed by atoms with Crippen LogP contribution in [0.2, 0.25) is 10.0 Å². The van der Waals surface area contributed by atoms with Crippen molar-refractivity contribution in [2.45, 2.75) is 23.6 Å². The molecule has 0 aliphatic carbocycles. The van der Waals surface area contributed by atoms with Crippen LogP contribution in [0.1, 0.15) is 12.6 Å². The molecule has 0 saturated carbocycles. The summed E-state index contributed by atoms with van der Waals surface area (Å²) in [6, 6.07) is 1.83. The molecular formula is C13H11Cl2F3N4O2S2. The van der Waals surface area contributed by atoms with E-state index >= 15 is 0 Å². The first-order valence-electron chi connectivity index (χ1n) is 6.71. The van der Waals surface area contributed by atoms with Gasteiger partial charge in [-0.25, -0.2) is 4.68 Å². The Hall–Kier alpha value is -1.40. The lowest BCUT2D eigenvalue weighted by atomic mass is 10.3. The number of rotatable bonds is 5. The van der Waals surface area contributed by atoms with Gasteiger partial charge in [-0.3, -0.25) is 4.21 Å². The third kappa shape index (κ3) is 4.65. The minimum absolute atomic E-state index is 0.0354. The van der Waals surface area contributed by atoms with Crippen molar-refractivity contribution in [3.63, 3.8) is 0 Å². The van der Waals surface area contributed by atoms with E-state index in [-0.39, 0.29) is 31.3 Å². The normalized spacial score (nSPS) is 14.1. The fourth-order valence-corrected chi connectivity index (χ4v) is 3.75. The van der Waals surface area contributed by atoms with Crippen molar-refractivity contribution in [1.29, 1.82) is 0 Å². The molecule has 1 aromatic heterocycles. The topological polar surface area (TPSA) is 96.2 Å². The maximum Gasteiger partial charge on any atom is 0.573 e. The summed E-state index contributed by atoms with van der Waals surface area (Å²) in [7, 11) is -1.68. The summed E-state index contributed by atoms with van der Waals surface area (Å²) in [5.41, 5.74) is 11.3. The second-order valence-electron chi connectivity index (χ2n) is 4.94. The van der Waals surface area contributed by atoms with Crippen molar-refractivity contribution in [1.82, 2.24) is 9.78 Å². The predicted octanol–water partition coefficient (Wildman–Crippen LogP) is 3.12. The lowest BCUT2D eigenvalue weighted by Gasteiger charge is -2.12. The number of benzene rings is 1. The Kier molecular flexibility index (Phi) is 6.18. The largest absolute Gasteiger partial charge is 0.573 e. The Morgan fingerprint density at radius 1 is 1.38 bits per heavy atom. The fourth-order valence-electron chi connectivity index (χ4n) is 1.94. The Bertz CT molecular complexity index is 864. The first-order chi connectivity index (χ1) is 11.9. The van der Waals surface area contributed by atoms with Gasteiger partial charge in [0.25, 0.3) is 0 Å². The summed E-state index contributed by atoms with van der Waals surface area (Å²) in [5, 5.41) is 2.96. The first-order valence-corrected chi connectivity index (χ1v) is 9.09. The first kappa shape index (κ1) is 20.9. The molecule has 0 radical (unpaired) electrons. The number of nitrogens with zero attached hydrogens (tertiary/aromatic N) is 2. The number of ether oxygens (including phenoxy) is 1. The Balaban J connectivity index is 2.57. The third-order valence-electron chi connectivity index (χ3n) is 2.92. The average molecular weight is 447 g/mol. The van der Waals surface area contributed by atoms with Crippen molar-refractivity contribution >= 4 is 51.2 Å². The molecule has 0 amide bonds. The van der Waals surface area contributed by atoms with E-state index in [2.05, 4.69) is 9.84 Å². The lowest BCUT2D eigenvalue weighted by molar-refractivity contribution is -0.274. The van der Waals surface area contributed by atoms with Crippen LogP contribution in [0.25, 0.3) is 5.69 Å². The molecule has 6 nitrogen and oxygen atoms in total. The molecule has 2 atom stereocenters. The highest BCUT2D eigenvalue weighted by Gasteiger charge is 2.32. The molecule has 0 fully saturated rings. The van der Waals surface area contributed by atoms with Gasteiger partial charge in [-0.15, -0.1) is 13.2 Å². The summed E-state index contributed by atoms with van der Waals surface area (Å²) >= 11 is 16.9. The molecule has 142 valence electrons. The quantitative estimate of drug-likeness (QED) is 0.684. The van der Waals surface area contributed by atoms with Gasteiger partial charge in [-0.2, -0.15) is 5.10 Å². The maximum atomic E-state index is 12.3. The number of alkyl halides is 3. The van der Waals surface area contributed by atoms with E-state index in [4.69, 9.17) is 46.9 Å². The molecule has 2 rings (SSSR count). The minimum atomic E-state index is -4.90. The molecule has 1 heterocycles. The molecule has 0 saturated heterocycles. The summed E-state index contributed by atoms with van der Waals surface area (Å²) in [4.78, 5) is 0.00673. The smallest absolute Gasteiger partial charge is 0.406 e. The molecule has 0 aliphatic rings. The van der Waals surface area contributed by atoms with Crippen LogP contribution in [-0.2, 0) is 10.8 Å². The summed E-state index contributed by atoms with van der Waals surface area (Å²) in [5.74, 6) is -0.600. The van der Waals surface area contributed by atoms with Gasteiger partial charge in [-0.1, -0.05) is 35.4 Å². The predicted molar refractivity (Wildman–Crippen MR) is 96.2 cm³/mol. The molecule has 26 heavy (non-hydrogen) atoms. The highest BCUT2D eigenvalue weighted by molar-refractivity contribution is 7.86. The summed E-state index contributed by atoms with van der Waals surface area (Å²) in [6.45, 7) is 1.51. The minimum Gasteiger partial charge on any atom is -0.406 e. The number of hydrogen-bond acceptors (Lipinski definition) is 5. The zero-order chi connectivity index (χ0) is 19.8. The zero-order valence-electron chi connectivity index (χ0n) is 12.9.